The highest BCUT2D eigenvalue weighted by atomic mass is 16.2. The van der Waals surface area contributed by atoms with Crippen LogP contribution in [0.4, 0.5) is 17.3 Å². The quantitative estimate of drug-likeness (QED) is 0.779. The molecule has 0 unspecified atom stereocenters. The van der Waals surface area contributed by atoms with Crippen molar-refractivity contribution < 1.29 is 4.79 Å². The van der Waals surface area contributed by atoms with Crippen molar-refractivity contribution in [2.75, 3.05) is 36.4 Å². The maximum atomic E-state index is 12.3. The van der Waals surface area contributed by atoms with Crippen LogP contribution in [-0.4, -0.2) is 47.0 Å². The summed E-state index contributed by atoms with van der Waals surface area (Å²) in [7, 11) is 0. The molecule has 1 aromatic heterocycles. The molecule has 0 saturated heterocycles. The van der Waals surface area contributed by atoms with E-state index < -0.39 is 0 Å². The summed E-state index contributed by atoms with van der Waals surface area (Å²) in [6.07, 6.45) is 3.16. The molecule has 2 rings (SSSR count). The van der Waals surface area contributed by atoms with Crippen molar-refractivity contribution >= 4 is 23.2 Å². The van der Waals surface area contributed by atoms with Gasteiger partial charge in [0.2, 0.25) is 5.95 Å². The van der Waals surface area contributed by atoms with Crippen LogP contribution in [0.1, 0.15) is 43.6 Å². The Kier molecular flexibility index (Phi) is 6.95. The van der Waals surface area contributed by atoms with E-state index in [0.29, 0.717) is 24.6 Å². The molecule has 0 saturated carbocycles. The Morgan fingerprint density at radius 1 is 1.00 bits per heavy atom. The summed E-state index contributed by atoms with van der Waals surface area (Å²) < 4.78 is 0. The zero-order valence-electron chi connectivity index (χ0n) is 16.4. The predicted octanol–water partition coefficient (Wildman–Crippen LogP) is 3.86. The van der Waals surface area contributed by atoms with Crippen molar-refractivity contribution in [1.82, 2.24) is 14.9 Å². The van der Waals surface area contributed by atoms with Gasteiger partial charge < -0.3 is 15.1 Å². The molecule has 6 nitrogen and oxygen atoms in total. The Labute approximate surface area is 156 Å². The molecule has 1 N–H and O–H groups in total. The van der Waals surface area contributed by atoms with Crippen LogP contribution in [0.5, 0.6) is 0 Å². The van der Waals surface area contributed by atoms with Crippen molar-refractivity contribution in [2.45, 2.75) is 34.6 Å². The summed E-state index contributed by atoms with van der Waals surface area (Å²) in [5, 5.41) is 3.23. The van der Waals surface area contributed by atoms with E-state index >= 15 is 0 Å². The second-order valence-electron chi connectivity index (χ2n) is 6.07. The van der Waals surface area contributed by atoms with Crippen LogP contribution < -0.4 is 10.2 Å². The van der Waals surface area contributed by atoms with Crippen LogP contribution in [0.3, 0.4) is 0 Å². The van der Waals surface area contributed by atoms with E-state index in [-0.39, 0.29) is 5.91 Å². The molecule has 1 amide bonds. The van der Waals surface area contributed by atoms with E-state index in [1.807, 2.05) is 19.9 Å². The molecule has 0 aliphatic heterocycles. The average Bonchev–Trinajstić information content (AvgIpc) is 2.66. The Morgan fingerprint density at radius 3 is 2.12 bits per heavy atom. The van der Waals surface area contributed by atoms with Crippen molar-refractivity contribution in [3.63, 3.8) is 0 Å². The van der Waals surface area contributed by atoms with Gasteiger partial charge in [0.05, 0.1) is 5.56 Å². The van der Waals surface area contributed by atoms with E-state index in [0.717, 1.165) is 24.3 Å². The topological polar surface area (TPSA) is 61.4 Å². The van der Waals surface area contributed by atoms with Gasteiger partial charge in [-0.05, 0) is 58.4 Å². The third-order valence-electron chi connectivity index (χ3n) is 4.53. The van der Waals surface area contributed by atoms with Gasteiger partial charge in [-0.25, -0.2) is 9.97 Å². The number of anilines is 3. The lowest BCUT2D eigenvalue weighted by Crippen LogP contribution is -2.30. The van der Waals surface area contributed by atoms with Gasteiger partial charge in [-0.3, -0.25) is 4.79 Å². The largest absolute Gasteiger partial charge is 0.372 e. The number of hydrogen-bond acceptors (Lipinski definition) is 5. The number of hydrogen-bond donors (Lipinski definition) is 1. The van der Waals surface area contributed by atoms with E-state index in [1.54, 1.807) is 17.3 Å². The molecule has 0 bridgehead atoms. The predicted molar refractivity (Wildman–Crippen MR) is 107 cm³/mol. The lowest BCUT2D eigenvalue weighted by atomic mass is 10.1. The fourth-order valence-corrected chi connectivity index (χ4v) is 2.89. The highest BCUT2D eigenvalue weighted by molar-refractivity contribution is 5.93. The number of amides is 1. The molecular formula is C20H29N5O. The van der Waals surface area contributed by atoms with Crippen molar-refractivity contribution in [2.24, 2.45) is 0 Å². The van der Waals surface area contributed by atoms with Crippen LogP contribution in [0.2, 0.25) is 0 Å². The number of benzene rings is 1. The maximum Gasteiger partial charge on any atom is 0.256 e. The summed E-state index contributed by atoms with van der Waals surface area (Å²) in [6.45, 7) is 13.6. The molecule has 0 aliphatic rings. The first-order chi connectivity index (χ1) is 12.5. The number of carbonyl (C=O) groups is 1. The first-order valence-corrected chi connectivity index (χ1v) is 9.27. The third-order valence-corrected chi connectivity index (χ3v) is 4.53. The normalized spacial score (nSPS) is 10.5. The van der Waals surface area contributed by atoms with Gasteiger partial charge in [0.25, 0.3) is 5.91 Å². The fraction of sp³-hybridized carbons (Fsp3) is 0.450. The van der Waals surface area contributed by atoms with Gasteiger partial charge in [-0.1, -0.05) is 0 Å². The first kappa shape index (κ1) is 19.7. The lowest BCUT2D eigenvalue weighted by Gasteiger charge is -2.22. The third kappa shape index (κ3) is 4.50. The van der Waals surface area contributed by atoms with Crippen LogP contribution in [0.25, 0.3) is 0 Å². The van der Waals surface area contributed by atoms with E-state index in [9.17, 15) is 4.79 Å². The van der Waals surface area contributed by atoms with Gasteiger partial charge >= 0.3 is 0 Å². The number of aryl methyl sites for hydroxylation is 1. The van der Waals surface area contributed by atoms with Gasteiger partial charge in [-0.15, -0.1) is 0 Å². The molecule has 140 valence electrons. The first-order valence-electron chi connectivity index (χ1n) is 9.27. The number of rotatable bonds is 8. The van der Waals surface area contributed by atoms with E-state index in [1.165, 1.54) is 5.69 Å². The van der Waals surface area contributed by atoms with E-state index in [4.69, 9.17) is 0 Å². The minimum Gasteiger partial charge on any atom is -0.372 e. The van der Waals surface area contributed by atoms with Crippen LogP contribution in [0.15, 0.2) is 30.6 Å². The number of aromatic nitrogens is 2. The molecule has 26 heavy (non-hydrogen) atoms. The Balaban J connectivity index is 2.13. The summed E-state index contributed by atoms with van der Waals surface area (Å²) in [4.78, 5) is 25.0. The second kappa shape index (κ2) is 9.17. The molecular weight excluding hydrogens is 326 g/mol. The van der Waals surface area contributed by atoms with Crippen LogP contribution in [-0.2, 0) is 0 Å². The van der Waals surface area contributed by atoms with Crippen LogP contribution >= 0.6 is 0 Å². The second-order valence-corrected chi connectivity index (χ2v) is 6.07. The molecule has 0 aliphatic carbocycles. The summed E-state index contributed by atoms with van der Waals surface area (Å²) in [6, 6.07) is 6.30. The Hall–Kier alpha value is -2.63. The molecule has 1 aromatic carbocycles. The minimum absolute atomic E-state index is 0.0405. The monoisotopic (exact) mass is 355 g/mol. The highest BCUT2D eigenvalue weighted by Gasteiger charge is 2.13. The molecule has 0 atom stereocenters. The van der Waals surface area contributed by atoms with Crippen molar-refractivity contribution in [3.05, 3.63) is 41.7 Å². The SMILES string of the molecule is CCN(CC)C(=O)c1cnc(Nc2ccc(N(CC)CC)cc2C)nc1. The lowest BCUT2D eigenvalue weighted by molar-refractivity contribution is 0.0772. The van der Waals surface area contributed by atoms with Crippen LogP contribution in [0, 0.1) is 6.92 Å². The smallest absolute Gasteiger partial charge is 0.256 e. The van der Waals surface area contributed by atoms with Gasteiger partial charge in [-0.2, -0.15) is 0 Å². The van der Waals surface area contributed by atoms with Gasteiger partial charge in [0.15, 0.2) is 0 Å². The maximum absolute atomic E-state index is 12.3. The molecule has 0 spiro atoms. The Morgan fingerprint density at radius 2 is 1.62 bits per heavy atom. The zero-order chi connectivity index (χ0) is 19.1. The number of nitrogens with one attached hydrogen (secondary N) is 1. The van der Waals surface area contributed by atoms with Crippen molar-refractivity contribution in [3.8, 4) is 0 Å². The molecule has 0 fully saturated rings. The number of carbonyl (C=O) groups excluding carboxylic acids is 1. The molecule has 0 radical (unpaired) electrons. The van der Waals surface area contributed by atoms with Gasteiger partial charge in [0, 0.05) is 49.9 Å². The minimum atomic E-state index is -0.0405. The molecule has 1 heterocycles. The fourth-order valence-electron chi connectivity index (χ4n) is 2.89. The highest BCUT2D eigenvalue weighted by Crippen LogP contribution is 2.24. The standard InChI is InChI=1S/C20H29N5O/c1-6-24(7-2)17-10-11-18(15(5)12-17)23-20-21-13-16(14-22-20)19(26)25(8-3)9-4/h10-14H,6-9H2,1-5H3,(H,21,22,23). The zero-order valence-corrected chi connectivity index (χ0v) is 16.4. The average molecular weight is 355 g/mol. The van der Waals surface area contributed by atoms with Gasteiger partial charge in [0.1, 0.15) is 0 Å². The summed E-state index contributed by atoms with van der Waals surface area (Å²) >= 11 is 0. The summed E-state index contributed by atoms with van der Waals surface area (Å²) in [5.41, 5.74) is 3.80. The number of nitrogens with zero attached hydrogens (tertiary/aromatic N) is 4. The molecule has 6 heteroatoms. The van der Waals surface area contributed by atoms with Crippen molar-refractivity contribution in [1.29, 1.82) is 0 Å². The molecule has 2 aromatic rings. The summed E-state index contributed by atoms with van der Waals surface area (Å²) in [5.74, 6) is 0.445. The Bertz CT molecular complexity index is 721. The van der Waals surface area contributed by atoms with E-state index in [2.05, 4.69) is 53.1 Å².